The topological polar surface area (TPSA) is 65.1 Å². The first kappa shape index (κ1) is 16.8. The van der Waals surface area contributed by atoms with Crippen LogP contribution in [-0.2, 0) is 14.8 Å². The van der Waals surface area contributed by atoms with E-state index in [1.807, 2.05) is 30.3 Å². The van der Waals surface area contributed by atoms with Crippen LogP contribution < -0.4 is 9.47 Å². The summed E-state index contributed by atoms with van der Waals surface area (Å²) in [4.78, 5) is 0.0947. The van der Waals surface area contributed by atoms with Gasteiger partial charge in [-0.1, -0.05) is 30.3 Å². The highest BCUT2D eigenvalue weighted by molar-refractivity contribution is 7.89. The van der Waals surface area contributed by atoms with Gasteiger partial charge in [0.1, 0.15) is 22.6 Å². The summed E-state index contributed by atoms with van der Waals surface area (Å²) < 4.78 is 43.6. The zero-order chi connectivity index (χ0) is 17.2. The van der Waals surface area contributed by atoms with E-state index in [1.165, 1.54) is 24.6 Å². The number of benzene rings is 2. The molecule has 0 radical (unpaired) electrons. The first-order chi connectivity index (χ1) is 11.6. The fraction of sp³-hybridized carbons (Fsp3) is 0.294. The molecule has 1 aliphatic rings. The highest BCUT2D eigenvalue weighted by Crippen LogP contribution is 2.36. The van der Waals surface area contributed by atoms with Crippen LogP contribution >= 0.6 is 0 Å². The Labute approximate surface area is 141 Å². The van der Waals surface area contributed by atoms with E-state index >= 15 is 0 Å². The van der Waals surface area contributed by atoms with Crippen LogP contribution in [0.5, 0.6) is 11.5 Å². The number of nitrogens with zero attached hydrogens (tertiary/aromatic N) is 1. The molecule has 0 N–H and O–H groups in total. The molecule has 1 saturated heterocycles. The number of ether oxygens (including phenoxy) is 3. The largest absolute Gasteiger partial charge is 0.497 e. The summed E-state index contributed by atoms with van der Waals surface area (Å²) in [5, 5.41) is 0. The number of rotatable bonds is 5. The lowest BCUT2D eigenvalue weighted by Gasteiger charge is -2.24. The molecule has 3 rings (SSSR count). The maximum absolute atomic E-state index is 13.1. The molecule has 0 aliphatic carbocycles. The molecule has 1 unspecified atom stereocenters. The normalized spacial score (nSPS) is 18.5. The summed E-state index contributed by atoms with van der Waals surface area (Å²) in [6.07, 6.45) is -0.636. The molecule has 0 amide bonds. The average molecular weight is 349 g/mol. The molecule has 24 heavy (non-hydrogen) atoms. The van der Waals surface area contributed by atoms with Crippen molar-refractivity contribution in [3.05, 3.63) is 54.1 Å². The van der Waals surface area contributed by atoms with Crippen LogP contribution in [0.2, 0.25) is 0 Å². The smallest absolute Gasteiger partial charge is 0.249 e. The van der Waals surface area contributed by atoms with Gasteiger partial charge in [0.05, 0.1) is 20.8 Å². The molecule has 1 aliphatic heterocycles. The molecule has 128 valence electrons. The van der Waals surface area contributed by atoms with Gasteiger partial charge in [-0.05, 0) is 17.7 Å². The lowest BCUT2D eigenvalue weighted by Crippen LogP contribution is -2.31. The Morgan fingerprint density at radius 1 is 1.08 bits per heavy atom. The van der Waals surface area contributed by atoms with E-state index in [2.05, 4.69) is 0 Å². The van der Waals surface area contributed by atoms with Crippen LogP contribution in [0.4, 0.5) is 0 Å². The summed E-state index contributed by atoms with van der Waals surface area (Å²) >= 11 is 0. The van der Waals surface area contributed by atoms with Crippen molar-refractivity contribution in [3.63, 3.8) is 0 Å². The summed E-state index contributed by atoms with van der Waals surface area (Å²) in [6, 6.07) is 13.9. The van der Waals surface area contributed by atoms with Crippen molar-refractivity contribution >= 4 is 10.0 Å². The van der Waals surface area contributed by atoms with Crippen LogP contribution in [0.15, 0.2) is 53.4 Å². The lowest BCUT2D eigenvalue weighted by molar-refractivity contribution is 0.0682. The van der Waals surface area contributed by atoms with Gasteiger partial charge in [0, 0.05) is 12.6 Å². The van der Waals surface area contributed by atoms with E-state index in [9.17, 15) is 8.42 Å². The Bertz CT molecular complexity index is 807. The van der Waals surface area contributed by atoms with E-state index in [1.54, 1.807) is 12.1 Å². The third-order valence-electron chi connectivity index (χ3n) is 3.89. The molecule has 1 fully saturated rings. The molecule has 2 aromatic rings. The molecule has 0 spiro atoms. The van der Waals surface area contributed by atoms with Gasteiger partial charge in [-0.3, -0.25) is 0 Å². The highest BCUT2D eigenvalue weighted by Gasteiger charge is 2.38. The quantitative estimate of drug-likeness (QED) is 0.829. The number of sulfonamides is 1. The third-order valence-corrected chi connectivity index (χ3v) is 5.78. The number of hydrogen-bond acceptors (Lipinski definition) is 5. The summed E-state index contributed by atoms with van der Waals surface area (Å²) in [6.45, 7) is 0.633. The highest BCUT2D eigenvalue weighted by atomic mass is 32.2. The Morgan fingerprint density at radius 3 is 2.50 bits per heavy atom. The molecule has 1 heterocycles. The molecular formula is C17H19NO5S. The Kier molecular flexibility index (Phi) is 4.75. The first-order valence-corrected chi connectivity index (χ1v) is 8.92. The fourth-order valence-electron chi connectivity index (χ4n) is 2.70. The molecule has 1 atom stereocenters. The van der Waals surface area contributed by atoms with Gasteiger partial charge < -0.3 is 14.2 Å². The molecular weight excluding hydrogens is 330 g/mol. The van der Waals surface area contributed by atoms with Crippen molar-refractivity contribution in [3.8, 4) is 11.5 Å². The van der Waals surface area contributed by atoms with E-state index in [0.717, 1.165) is 5.56 Å². The molecule has 0 saturated carbocycles. The van der Waals surface area contributed by atoms with Crippen LogP contribution in [0.3, 0.4) is 0 Å². The van der Waals surface area contributed by atoms with E-state index < -0.39 is 16.3 Å². The second kappa shape index (κ2) is 6.80. The minimum atomic E-state index is -3.78. The monoisotopic (exact) mass is 349 g/mol. The van der Waals surface area contributed by atoms with Crippen LogP contribution in [-0.4, -0.2) is 40.1 Å². The van der Waals surface area contributed by atoms with Crippen molar-refractivity contribution < 1.29 is 22.6 Å². The zero-order valence-corrected chi connectivity index (χ0v) is 14.3. The third kappa shape index (κ3) is 2.98. The van der Waals surface area contributed by atoms with E-state index in [4.69, 9.17) is 14.2 Å². The average Bonchev–Trinajstić information content (AvgIpc) is 3.12. The molecule has 2 aromatic carbocycles. The SMILES string of the molecule is COc1ccc(S(=O)(=O)N2CCOC2c2ccccc2)c(OC)c1. The van der Waals surface area contributed by atoms with E-state index in [-0.39, 0.29) is 17.2 Å². The van der Waals surface area contributed by atoms with Crippen molar-refractivity contribution in [2.24, 2.45) is 0 Å². The minimum absolute atomic E-state index is 0.0947. The van der Waals surface area contributed by atoms with Crippen molar-refractivity contribution in [1.82, 2.24) is 4.31 Å². The first-order valence-electron chi connectivity index (χ1n) is 7.48. The van der Waals surface area contributed by atoms with Crippen molar-refractivity contribution in [2.75, 3.05) is 27.4 Å². The van der Waals surface area contributed by atoms with Gasteiger partial charge in [-0.15, -0.1) is 0 Å². The van der Waals surface area contributed by atoms with Gasteiger partial charge in [0.25, 0.3) is 0 Å². The Morgan fingerprint density at radius 2 is 1.83 bits per heavy atom. The van der Waals surface area contributed by atoms with Gasteiger partial charge >= 0.3 is 0 Å². The standard InChI is InChI=1S/C17H19NO5S/c1-21-14-8-9-16(15(12-14)22-2)24(19,20)18-10-11-23-17(18)13-6-4-3-5-7-13/h3-9,12,17H,10-11H2,1-2H3. The maximum Gasteiger partial charge on any atom is 0.249 e. The van der Waals surface area contributed by atoms with Gasteiger partial charge in [-0.2, -0.15) is 4.31 Å². The number of methoxy groups -OCH3 is 2. The molecule has 7 heteroatoms. The van der Waals surface area contributed by atoms with Crippen molar-refractivity contribution in [1.29, 1.82) is 0 Å². The number of hydrogen-bond donors (Lipinski definition) is 0. The molecule has 0 bridgehead atoms. The predicted octanol–water partition coefficient (Wildman–Crippen LogP) is 2.42. The van der Waals surface area contributed by atoms with Crippen molar-refractivity contribution in [2.45, 2.75) is 11.1 Å². The van der Waals surface area contributed by atoms with Gasteiger partial charge in [0.2, 0.25) is 10.0 Å². The minimum Gasteiger partial charge on any atom is -0.497 e. The Balaban J connectivity index is 2.01. The summed E-state index contributed by atoms with van der Waals surface area (Å²) in [7, 11) is -0.826. The fourth-order valence-corrected chi connectivity index (χ4v) is 4.33. The summed E-state index contributed by atoms with van der Waals surface area (Å²) in [5.41, 5.74) is 0.797. The van der Waals surface area contributed by atoms with Crippen LogP contribution in [0.1, 0.15) is 11.8 Å². The van der Waals surface area contributed by atoms with Crippen LogP contribution in [0, 0.1) is 0 Å². The second-order valence-corrected chi connectivity index (χ2v) is 7.13. The van der Waals surface area contributed by atoms with Gasteiger partial charge in [0.15, 0.2) is 0 Å². The second-order valence-electron chi connectivity index (χ2n) is 5.27. The maximum atomic E-state index is 13.1. The van der Waals surface area contributed by atoms with Gasteiger partial charge in [-0.25, -0.2) is 8.42 Å². The summed E-state index contributed by atoms with van der Waals surface area (Å²) in [5.74, 6) is 0.774. The molecule has 0 aromatic heterocycles. The molecule has 6 nitrogen and oxygen atoms in total. The predicted molar refractivity (Wildman–Crippen MR) is 88.6 cm³/mol. The lowest BCUT2D eigenvalue weighted by atomic mass is 10.2. The Hall–Kier alpha value is -2.09. The van der Waals surface area contributed by atoms with Crippen LogP contribution in [0.25, 0.3) is 0 Å². The zero-order valence-electron chi connectivity index (χ0n) is 13.5. The van der Waals surface area contributed by atoms with E-state index in [0.29, 0.717) is 12.4 Å².